The number of ketones is 1. The number of carbonyl (C=O) groups is 3. The normalized spacial score (nSPS) is 18.1. The molecule has 0 N–H and O–H groups in total. The van der Waals surface area contributed by atoms with Crippen molar-refractivity contribution in [2.45, 2.75) is 18.9 Å². The average Bonchev–Trinajstić information content (AvgIpc) is 2.82. The molecule has 2 aliphatic rings. The molecule has 2 heterocycles. The molecular weight excluding hydrogens is 384 g/mol. The Morgan fingerprint density at radius 1 is 0.800 bits per heavy atom. The molecule has 0 aliphatic carbocycles. The molecule has 7 nitrogen and oxygen atoms in total. The van der Waals surface area contributed by atoms with Gasteiger partial charge in [-0.2, -0.15) is 0 Å². The first kappa shape index (κ1) is 19.9. The first-order chi connectivity index (χ1) is 14.6. The molecular formula is C23H24N2O5. The van der Waals surface area contributed by atoms with E-state index in [4.69, 9.17) is 9.47 Å². The van der Waals surface area contributed by atoms with E-state index >= 15 is 0 Å². The van der Waals surface area contributed by atoms with E-state index in [0.29, 0.717) is 43.2 Å². The Hall–Kier alpha value is -3.35. The summed E-state index contributed by atoms with van der Waals surface area (Å²) in [5.41, 5.74) is 0.622. The fourth-order valence-corrected chi connectivity index (χ4v) is 3.67. The first-order valence-corrected chi connectivity index (χ1v) is 10.1. The second kappa shape index (κ2) is 8.98. The van der Waals surface area contributed by atoms with Crippen molar-refractivity contribution in [1.82, 2.24) is 9.80 Å². The van der Waals surface area contributed by atoms with Gasteiger partial charge in [-0.25, -0.2) is 0 Å². The van der Waals surface area contributed by atoms with Crippen molar-refractivity contribution in [2.75, 3.05) is 32.8 Å². The molecule has 7 heteroatoms. The van der Waals surface area contributed by atoms with Gasteiger partial charge in [-0.15, -0.1) is 0 Å². The molecule has 1 fully saturated rings. The lowest BCUT2D eigenvalue weighted by Crippen LogP contribution is -2.55. The zero-order chi connectivity index (χ0) is 20.9. The summed E-state index contributed by atoms with van der Waals surface area (Å²) in [6.07, 6.45) is -0.308. The number of rotatable bonds is 5. The van der Waals surface area contributed by atoms with Crippen LogP contribution in [0.5, 0.6) is 11.5 Å². The summed E-state index contributed by atoms with van der Waals surface area (Å²) in [4.78, 5) is 40.9. The Labute approximate surface area is 175 Å². The first-order valence-electron chi connectivity index (χ1n) is 10.1. The average molecular weight is 408 g/mol. The molecule has 2 aliphatic heterocycles. The van der Waals surface area contributed by atoms with Crippen molar-refractivity contribution in [3.63, 3.8) is 0 Å². The van der Waals surface area contributed by atoms with Crippen molar-refractivity contribution in [3.8, 4) is 11.5 Å². The molecule has 0 spiro atoms. The van der Waals surface area contributed by atoms with E-state index < -0.39 is 6.10 Å². The van der Waals surface area contributed by atoms with Crippen LogP contribution in [0.2, 0.25) is 0 Å². The van der Waals surface area contributed by atoms with Crippen LogP contribution in [0.4, 0.5) is 0 Å². The van der Waals surface area contributed by atoms with Gasteiger partial charge in [0, 0.05) is 44.6 Å². The van der Waals surface area contributed by atoms with E-state index in [2.05, 4.69) is 0 Å². The molecule has 0 bridgehead atoms. The minimum atomic E-state index is -0.675. The van der Waals surface area contributed by atoms with Crippen LogP contribution in [0.3, 0.4) is 0 Å². The van der Waals surface area contributed by atoms with Crippen molar-refractivity contribution in [2.24, 2.45) is 0 Å². The van der Waals surface area contributed by atoms with Gasteiger partial charge in [0.2, 0.25) is 12.0 Å². The van der Waals surface area contributed by atoms with Gasteiger partial charge in [-0.1, -0.05) is 42.5 Å². The SMILES string of the molecule is O=C(CCC(=O)N1CCN(C(=O)C2COc3ccccc3O2)CC1)c1ccccc1. The largest absolute Gasteiger partial charge is 0.485 e. The maximum absolute atomic E-state index is 12.8. The molecule has 2 aromatic rings. The molecule has 2 amide bonds. The maximum atomic E-state index is 12.8. The molecule has 0 radical (unpaired) electrons. The molecule has 1 saturated heterocycles. The molecule has 0 saturated carbocycles. The van der Waals surface area contributed by atoms with E-state index in [-0.39, 0.29) is 37.0 Å². The zero-order valence-corrected chi connectivity index (χ0v) is 16.7. The molecule has 1 atom stereocenters. The summed E-state index contributed by atoms with van der Waals surface area (Å²) in [7, 11) is 0. The molecule has 30 heavy (non-hydrogen) atoms. The molecule has 1 unspecified atom stereocenters. The molecule has 156 valence electrons. The van der Waals surface area contributed by atoms with Crippen LogP contribution in [0, 0.1) is 0 Å². The lowest BCUT2D eigenvalue weighted by atomic mass is 10.1. The van der Waals surface area contributed by atoms with Crippen LogP contribution in [0.25, 0.3) is 0 Å². The van der Waals surface area contributed by atoms with Crippen molar-refractivity contribution >= 4 is 17.6 Å². The zero-order valence-electron chi connectivity index (χ0n) is 16.7. The second-order valence-corrected chi connectivity index (χ2v) is 7.36. The Kier molecular flexibility index (Phi) is 5.97. The van der Waals surface area contributed by atoms with Crippen molar-refractivity contribution in [3.05, 3.63) is 60.2 Å². The third-order valence-corrected chi connectivity index (χ3v) is 5.39. The van der Waals surface area contributed by atoms with Gasteiger partial charge in [-0.3, -0.25) is 14.4 Å². The standard InChI is InChI=1S/C23H24N2O5/c26-18(17-6-2-1-3-7-17)10-11-22(27)24-12-14-25(15-13-24)23(28)21-16-29-19-8-4-5-9-20(19)30-21/h1-9,21H,10-16H2. The van der Waals surface area contributed by atoms with Gasteiger partial charge in [-0.05, 0) is 12.1 Å². The number of carbonyl (C=O) groups excluding carboxylic acids is 3. The van der Waals surface area contributed by atoms with E-state index in [1.54, 1.807) is 28.0 Å². The smallest absolute Gasteiger partial charge is 0.267 e. The maximum Gasteiger partial charge on any atom is 0.267 e. The number of Topliss-reactive ketones (excluding diaryl/α,β-unsaturated/α-hetero) is 1. The van der Waals surface area contributed by atoms with Crippen LogP contribution >= 0.6 is 0 Å². The lowest BCUT2D eigenvalue weighted by molar-refractivity contribution is -0.146. The molecule has 2 aromatic carbocycles. The summed E-state index contributed by atoms with van der Waals surface area (Å²) in [6, 6.07) is 16.3. The number of piperazine rings is 1. The third-order valence-electron chi connectivity index (χ3n) is 5.39. The minimum Gasteiger partial charge on any atom is -0.485 e. The van der Waals surface area contributed by atoms with Gasteiger partial charge in [0.25, 0.3) is 5.91 Å². The Morgan fingerprint density at radius 3 is 2.17 bits per heavy atom. The fraction of sp³-hybridized carbons (Fsp3) is 0.348. The van der Waals surface area contributed by atoms with Crippen molar-refractivity contribution < 1.29 is 23.9 Å². The van der Waals surface area contributed by atoms with Gasteiger partial charge in [0.15, 0.2) is 17.3 Å². The number of amides is 2. The number of fused-ring (bicyclic) bond motifs is 1. The second-order valence-electron chi connectivity index (χ2n) is 7.36. The van der Waals surface area contributed by atoms with E-state index in [0.717, 1.165) is 0 Å². The van der Waals surface area contributed by atoms with Crippen LogP contribution in [-0.2, 0) is 9.59 Å². The summed E-state index contributed by atoms with van der Waals surface area (Å²) in [5.74, 6) is 0.988. The predicted molar refractivity (Wildman–Crippen MR) is 110 cm³/mol. The Bertz CT molecular complexity index is 922. The highest BCUT2D eigenvalue weighted by molar-refractivity contribution is 5.97. The summed E-state index contributed by atoms with van der Waals surface area (Å²) in [5, 5.41) is 0. The highest BCUT2D eigenvalue weighted by Gasteiger charge is 2.33. The summed E-state index contributed by atoms with van der Waals surface area (Å²) < 4.78 is 11.4. The summed E-state index contributed by atoms with van der Waals surface area (Å²) >= 11 is 0. The molecule has 4 rings (SSSR count). The Morgan fingerprint density at radius 2 is 1.43 bits per heavy atom. The number of hydrogen-bond acceptors (Lipinski definition) is 5. The number of benzene rings is 2. The number of ether oxygens (including phenoxy) is 2. The highest BCUT2D eigenvalue weighted by atomic mass is 16.6. The fourth-order valence-electron chi connectivity index (χ4n) is 3.67. The predicted octanol–water partition coefficient (Wildman–Crippen LogP) is 2.16. The van der Waals surface area contributed by atoms with Crippen LogP contribution < -0.4 is 9.47 Å². The lowest BCUT2D eigenvalue weighted by Gasteiger charge is -2.37. The van der Waals surface area contributed by atoms with E-state index in [1.165, 1.54) is 0 Å². The van der Waals surface area contributed by atoms with Crippen LogP contribution in [0.1, 0.15) is 23.2 Å². The topological polar surface area (TPSA) is 76.2 Å². The van der Waals surface area contributed by atoms with Crippen molar-refractivity contribution in [1.29, 1.82) is 0 Å². The van der Waals surface area contributed by atoms with Gasteiger partial charge in [0.05, 0.1) is 0 Å². The third kappa shape index (κ3) is 4.45. The number of nitrogens with zero attached hydrogens (tertiary/aromatic N) is 2. The van der Waals surface area contributed by atoms with E-state index in [1.807, 2.05) is 36.4 Å². The minimum absolute atomic E-state index is 0.0347. The quantitative estimate of drug-likeness (QED) is 0.709. The number of hydrogen-bond donors (Lipinski definition) is 0. The Balaban J connectivity index is 1.24. The van der Waals surface area contributed by atoms with Crippen LogP contribution in [0.15, 0.2) is 54.6 Å². The number of para-hydroxylation sites is 2. The highest BCUT2D eigenvalue weighted by Crippen LogP contribution is 2.31. The van der Waals surface area contributed by atoms with E-state index in [9.17, 15) is 14.4 Å². The monoisotopic (exact) mass is 408 g/mol. The van der Waals surface area contributed by atoms with Gasteiger partial charge < -0.3 is 19.3 Å². The summed E-state index contributed by atoms with van der Waals surface area (Å²) in [6.45, 7) is 1.97. The van der Waals surface area contributed by atoms with Crippen LogP contribution in [-0.4, -0.2) is 66.3 Å². The van der Waals surface area contributed by atoms with Gasteiger partial charge >= 0.3 is 0 Å². The molecule has 0 aromatic heterocycles. The van der Waals surface area contributed by atoms with Gasteiger partial charge in [0.1, 0.15) is 6.61 Å².